The summed E-state index contributed by atoms with van der Waals surface area (Å²) in [6.07, 6.45) is -3.99. The lowest BCUT2D eigenvalue weighted by Gasteiger charge is -2.09. The van der Waals surface area contributed by atoms with E-state index in [9.17, 15) is 22.4 Å². The molecule has 0 radical (unpaired) electrons. The first-order valence-electron chi connectivity index (χ1n) is 8.46. The number of fused-ring (bicyclic) bond motifs is 1. The van der Waals surface area contributed by atoms with Gasteiger partial charge in [0.15, 0.2) is 5.69 Å². The van der Waals surface area contributed by atoms with Crippen LogP contribution in [0.1, 0.15) is 28.1 Å². The van der Waals surface area contributed by atoms with Crippen LogP contribution in [0.25, 0.3) is 10.1 Å². The zero-order chi connectivity index (χ0) is 20.6. The van der Waals surface area contributed by atoms with Gasteiger partial charge in [-0.15, -0.1) is 11.3 Å². The second-order valence-electron chi connectivity index (χ2n) is 6.53. The highest BCUT2D eigenvalue weighted by Gasteiger charge is 2.34. The fraction of sp³-hybridized carbons (Fsp3) is 0.368. The minimum absolute atomic E-state index is 0.0609. The maximum absolute atomic E-state index is 15.0. The molecular formula is C19H18F4N2O2S. The van der Waals surface area contributed by atoms with E-state index in [0.717, 1.165) is 11.6 Å². The second kappa shape index (κ2) is 7.54. The van der Waals surface area contributed by atoms with Crippen molar-refractivity contribution in [1.82, 2.24) is 9.78 Å². The van der Waals surface area contributed by atoms with E-state index in [1.807, 2.05) is 6.92 Å². The Morgan fingerprint density at radius 2 is 1.96 bits per heavy atom. The number of alkyl halides is 3. The van der Waals surface area contributed by atoms with E-state index in [0.29, 0.717) is 26.9 Å². The van der Waals surface area contributed by atoms with Crippen LogP contribution in [0.5, 0.6) is 0 Å². The van der Waals surface area contributed by atoms with E-state index < -0.39 is 23.7 Å². The zero-order valence-corrected chi connectivity index (χ0v) is 16.3. The topological polar surface area (TPSA) is 44.1 Å². The van der Waals surface area contributed by atoms with Gasteiger partial charge < -0.3 is 4.74 Å². The molecule has 0 amide bonds. The lowest BCUT2D eigenvalue weighted by atomic mass is 9.99. The molecule has 0 fully saturated rings. The van der Waals surface area contributed by atoms with Gasteiger partial charge in [-0.3, -0.25) is 9.48 Å². The quantitative estimate of drug-likeness (QED) is 0.453. The van der Waals surface area contributed by atoms with Gasteiger partial charge in [0.1, 0.15) is 5.82 Å². The van der Waals surface area contributed by atoms with Gasteiger partial charge in [0.05, 0.1) is 18.2 Å². The molecule has 0 saturated carbocycles. The SMILES string of the molecule is COC(=O)Cc1csc2c(F)c(CCc3cc(C(F)(F)F)nn3C)cc(C)c12. The molecule has 3 aromatic rings. The van der Waals surface area contributed by atoms with Crippen LogP contribution >= 0.6 is 11.3 Å². The normalized spacial score (nSPS) is 12.0. The molecule has 150 valence electrons. The molecule has 0 N–H and O–H groups in total. The molecule has 28 heavy (non-hydrogen) atoms. The van der Waals surface area contributed by atoms with Crippen molar-refractivity contribution in [2.24, 2.45) is 7.05 Å². The Morgan fingerprint density at radius 1 is 1.25 bits per heavy atom. The van der Waals surface area contributed by atoms with E-state index >= 15 is 0 Å². The van der Waals surface area contributed by atoms with Crippen LogP contribution in [-0.2, 0) is 42.0 Å². The molecular weight excluding hydrogens is 396 g/mol. The molecule has 0 spiro atoms. The highest BCUT2D eigenvalue weighted by molar-refractivity contribution is 7.17. The van der Waals surface area contributed by atoms with Crippen LogP contribution in [0.3, 0.4) is 0 Å². The van der Waals surface area contributed by atoms with E-state index in [-0.39, 0.29) is 19.3 Å². The van der Waals surface area contributed by atoms with Crippen LogP contribution in [0.2, 0.25) is 0 Å². The number of esters is 1. The highest BCUT2D eigenvalue weighted by Crippen LogP contribution is 2.34. The predicted molar refractivity (Wildman–Crippen MR) is 97.9 cm³/mol. The lowest BCUT2D eigenvalue weighted by Crippen LogP contribution is -2.06. The molecule has 0 bridgehead atoms. The summed E-state index contributed by atoms with van der Waals surface area (Å²) in [5.74, 6) is -0.805. The van der Waals surface area contributed by atoms with Gasteiger partial charge in [-0.05, 0) is 47.9 Å². The fourth-order valence-corrected chi connectivity index (χ4v) is 4.32. The lowest BCUT2D eigenvalue weighted by molar-refractivity contribution is -0.141. The summed E-state index contributed by atoms with van der Waals surface area (Å²) >= 11 is 1.20. The monoisotopic (exact) mass is 414 g/mol. The number of halogens is 4. The maximum atomic E-state index is 15.0. The highest BCUT2D eigenvalue weighted by atomic mass is 32.1. The first kappa shape index (κ1) is 20.3. The molecule has 2 aromatic heterocycles. The van der Waals surface area contributed by atoms with Crippen molar-refractivity contribution < 1.29 is 27.1 Å². The first-order chi connectivity index (χ1) is 13.1. The Balaban J connectivity index is 1.88. The third kappa shape index (κ3) is 3.89. The van der Waals surface area contributed by atoms with Gasteiger partial charge in [0.2, 0.25) is 0 Å². The van der Waals surface area contributed by atoms with Crippen LogP contribution in [-0.4, -0.2) is 22.9 Å². The third-order valence-electron chi connectivity index (χ3n) is 4.61. The number of aryl methyl sites for hydroxylation is 4. The van der Waals surface area contributed by atoms with Gasteiger partial charge in [-0.25, -0.2) is 4.39 Å². The number of benzene rings is 1. The Morgan fingerprint density at radius 3 is 2.57 bits per heavy atom. The van der Waals surface area contributed by atoms with E-state index in [1.54, 1.807) is 11.4 Å². The molecule has 2 heterocycles. The van der Waals surface area contributed by atoms with Gasteiger partial charge in [-0.2, -0.15) is 18.3 Å². The summed E-state index contributed by atoms with van der Waals surface area (Å²) in [4.78, 5) is 11.6. The predicted octanol–water partition coefficient (Wildman–Crippen LogP) is 4.60. The van der Waals surface area contributed by atoms with Crippen molar-refractivity contribution in [3.63, 3.8) is 0 Å². The van der Waals surface area contributed by atoms with Crippen LogP contribution < -0.4 is 0 Å². The number of hydrogen-bond donors (Lipinski definition) is 0. The van der Waals surface area contributed by atoms with Gasteiger partial charge >= 0.3 is 12.1 Å². The third-order valence-corrected chi connectivity index (χ3v) is 5.64. The van der Waals surface area contributed by atoms with Gasteiger partial charge in [0, 0.05) is 18.1 Å². The van der Waals surface area contributed by atoms with Gasteiger partial charge in [-0.1, -0.05) is 6.07 Å². The molecule has 4 nitrogen and oxygen atoms in total. The summed E-state index contributed by atoms with van der Waals surface area (Å²) in [5.41, 5.74) is 1.36. The van der Waals surface area contributed by atoms with Crippen molar-refractivity contribution in [2.45, 2.75) is 32.4 Å². The first-order valence-corrected chi connectivity index (χ1v) is 9.34. The van der Waals surface area contributed by atoms with Crippen molar-refractivity contribution in [1.29, 1.82) is 0 Å². The molecule has 0 unspecified atom stereocenters. The Kier molecular flexibility index (Phi) is 5.47. The van der Waals surface area contributed by atoms with E-state index in [4.69, 9.17) is 0 Å². The minimum Gasteiger partial charge on any atom is -0.469 e. The number of methoxy groups -OCH3 is 1. The number of nitrogens with zero attached hydrogens (tertiary/aromatic N) is 2. The molecule has 3 rings (SSSR count). The number of thiophene rings is 1. The van der Waals surface area contributed by atoms with Crippen molar-refractivity contribution in [2.75, 3.05) is 7.11 Å². The summed E-state index contributed by atoms with van der Waals surface area (Å²) in [6.45, 7) is 1.82. The van der Waals surface area contributed by atoms with Crippen molar-refractivity contribution in [3.05, 3.63) is 51.4 Å². The average Bonchev–Trinajstić information content (AvgIpc) is 3.21. The van der Waals surface area contributed by atoms with Crippen LogP contribution in [0.15, 0.2) is 17.5 Å². The van der Waals surface area contributed by atoms with Crippen LogP contribution in [0.4, 0.5) is 17.6 Å². The Labute approximate surface area is 162 Å². The fourth-order valence-electron chi connectivity index (χ4n) is 3.21. The largest absolute Gasteiger partial charge is 0.469 e. The second-order valence-corrected chi connectivity index (χ2v) is 7.41. The van der Waals surface area contributed by atoms with Gasteiger partial charge in [0.25, 0.3) is 0 Å². The Hall–Kier alpha value is -2.42. The molecule has 0 atom stereocenters. The number of carbonyl (C=O) groups excluding carboxylic acids is 1. The standard InChI is InChI=1S/C19H18F4N2O2S/c1-10-6-11(4-5-13-8-14(19(21,22)23)24-25(13)2)17(20)18-16(10)12(9-28-18)7-15(26)27-3/h6,8-9H,4-5,7H2,1-3H3. The zero-order valence-electron chi connectivity index (χ0n) is 15.5. The Bertz CT molecular complexity index is 1040. The smallest absolute Gasteiger partial charge is 0.435 e. The molecule has 0 aliphatic rings. The van der Waals surface area contributed by atoms with E-state index in [1.165, 1.54) is 30.2 Å². The summed E-state index contributed by atoms with van der Waals surface area (Å²) < 4.78 is 59.6. The summed E-state index contributed by atoms with van der Waals surface area (Å²) in [7, 11) is 2.73. The maximum Gasteiger partial charge on any atom is 0.435 e. The molecule has 1 aromatic carbocycles. The van der Waals surface area contributed by atoms with E-state index in [2.05, 4.69) is 9.84 Å². The van der Waals surface area contributed by atoms with Crippen LogP contribution in [0, 0.1) is 12.7 Å². The molecule has 0 aliphatic carbocycles. The number of hydrogen-bond acceptors (Lipinski definition) is 4. The molecule has 0 aliphatic heterocycles. The number of aromatic nitrogens is 2. The number of ether oxygens (including phenoxy) is 1. The molecule has 9 heteroatoms. The number of rotatable bonds is 5. The van der Waals surface area contributed by atoms with Crippen molar-refractivity contribution in [3.8, 4) is 0 Å². The minimum atomic E-state index is -4.51. The number of carbonyl (C=O) groups is 1. The molecule has 0 saturated heterocycles. The summed E-state index contributed by atoms with van der Waals surface area (Å²) in [5, 5.41) is 5.90. The van der Waals surface area contributed by atoms with Crippen molar-refractivity contribution >= 4 is 27.4 Å². The summed E-state index contributed by atoms with van der Waals surface area (Å²) in [6, 6.07) is 2.68. The average molecular weight is 414 g/mol.